The molecule has 2 rings (SSSR count). The number of anilines is 2. The van der Waals surface area contributed by atoms with Crippen LogP contribution < -0.4 is 15.4 Å². The van der Waals surface area contributed by atoms with Gasteiger partial charge >= 0.3 is 0 Å². The number of nitrogens with zero attached hydrogens (tertiary/aromatic N) is 1. The van der Waals surface area contributed by atoms with Crippen LogP contribution in [0.2, 0.25) is 0 Å². The van der Waals surface area contributed by atoms with E-state index in [9.17, 15) is 4.79 Å². The van der Waals surface area contributed by atoms with Crippen molar-refractivity contribution in [1.29, 1.82) is 0 Å². The molecule has 0 aliphatic heterocycles. The maximum absolute atomic E-state index is 11.2. The lowest BCUT2D eigenvalue weighted by Gasteiger charge is -2.21. The lowest BCUT2D eigenvalue weighted by Crippen LogP contribution is -2.24. The van der Waals surface area contributed by atoms with Crippen molar-refractivity contribution < 1.29 is 9.53 Å². The number of ether oxygens (including phenoxy) is 1. The molecule has 1 aromatic carbocycles. The lowest BCUT2D eigenvalue weighted by atomic mass is 10.2. The smallest absolute Gasteiger partial charge is 0.214 e. The number of carbonyl (C=O) groups is 1. The first-order chi connectivity index (χ1) is 8.15. The maximum Gasteiger partial charge on any atom is 0.214 e. The van der Waals surface area contributed by atoms with Gasteiger partial charge in [-0.3, -0.25) is 4.79 Å². The van der Waals surface area contributed by atoms with E-state index in [2.05, 4.69) is 15.9 Å². The molecule has 2 N–H and O–H groups in total. The number of amides is 1. The Hall–Kier alpha value is -1.23. The molecular formula is C12H15BrN2O2. The van der Waals surface area contributed by atoms with Crippen LogP contribution in [0, 0.1) is 5.92 Å². The molecule has 4 nitrogen and oxygen atoms in total. The van der Waals surface area contributed by atoms with E-state index in [1.54, 1.807) is 18.1 Å². The molecule has 1 amide bonds. The predicted molar refractivity (Wildman–Crippen MR) is 71.2 cm³/mol. The second-order valence-electron chi connectivity index (χ2n) is 4.25. The SMILES string of the molecule is COc1c(N)cc(Br)cc1N(C=O)CC1CC1. The Bertz CT molecular complexity index is 433. The molecule has 1 aliphatic rings. The Morgan fingerprint density at radius 1 is 1.59 bits per heavy atom. The average molecular weight is 299 g/mol. The number of benzene rings is 1. The van der Waals surface area contributed by atoms with E-state index in [0.29, 0.717) is 17.4 Å². The lowest BCUT2D eigenvalue weighted by molar-refractivity contribution is -0.107. The van der Waals surface area contributed by atoms with Crippen molar-refractivity contribution in [3.63, 3.8) is 0 Å². The summed E-state index contributed by atoms with van der Waals surface area (Å²) in [5.74, 6) is 1.17. The van der Waals surface area contributed by atoms with E-state index in [4.69, 9.17) is 10.5 Å². The molecule has 1 aromatic rings. The van der Waals surface area contributed by atoms with Gasteiger partial charge in [0, 0.05) is 11.0 Å². The zero-order valence-electron chi connectivity index (χ0n) is 9.65. The summed E-state index contributed by atoms with van der Waals surface area (Å²) in [6.07, 6.45) is 3.22. The molecular weight excluding hydrogens is 284 g/mol. The van der Waals surface area contributed by atoms with Crippen LogP contribution in [0.1, 0.15) is 12.8 Å². The summed E-state index contributed by atoms with van der Waals surface area (Å²) in [5, 5.41) is 0. The van der Waals surface area contributed by atoms with Crippen LogP contribution in [0.3, 0.4) is 0 Å². The molecule has 1 saturated carbocycles. The number of nitrogen functional groups attached to an aromatic ring is 1. The largest absolute Gasteiger partial charge is 0.492 e. The third-order valence-corrected chi connectivity index (χ3v) is 3.31. The molecule has 1 aliphatic carbocycles. The molecule has 0 aromatic heterocycles. The van der Waals surface area contributed by atoms with Crippen molar-refractivity contribution in [2.75, 3.05) is 24.3 Å². The summed E-state index contributed by atoms with van der Waals surface area (Å²) < 4.78 is 6.11. The summed E-state index contributed by atoms with van der Waals surface area (Å²) in [7, 11) is 1.56. The summed E-state index contributed by atoms with van der Waals surface area (Å²) in [6, 6.07) is 3.62. The minimum absolute atomic E-state index is 0.527. The Morgan fingerprint density at radius 3 is 2.82 bits per heavy atom. The maximum atomic E-state index is 11.2. The first kappa shape index (κ1) is 12.2. The van der Waals surface area contributed by atoms with E-state index in [1.165, 1.54) is 12.8 Å². The quantitative estimate of drug-likeness (QED) is 0.671. The van der Waals surface area contributed by atoms with Crippen molar-refractivity contribution in [1.82, 2.24) is 0 Å². The first-order valence-electron chi connectivity index (χ1n) is 5.50. The van der Waals surface area contributed by atoms with Crippen molar-refractivity contribution in [3.8, 4) is 5.75 Å². The van der Waals surface area contributed by atoms with Gasteiger partial charge in [-0.1, -0.05) is 15.9 Å². The fraction of sp³-hybridized carbons (Fsp3) is 0.417. The van der Waals surface area contributed by atoms with Crippen LogP contribution in [-0.2, 0) is 4.79 Å². The molecule has 0 spiro atoms. The third kappa shape index (κ3) is 2.72. The normalized spacial score (nSPS) is 14.5. The van der Waals surface area contributed by atoms with Crippen molar-refractivity contribution in [3.05, 3.63) is 16.6 Å². The second kappa shape index (κ2) is 4.96. The Morgan fingerprint density at radius 2 is 2.29 bits per heavy atom. The van der Waals surface area contributed by atoms with Crippen LogP contribution in [0.5, 0.6) is 5.75 Å². The minimum Gasteiger partial charge on any atom is -0.492 e. The number of carbonyl (C=O) groups excluding carboxylic acids is 1. The van der Waals surface area contributed by atoms with Crippen LogP contribution in [0.4, 0.5) is 11.4 Å². The van der Waals surface area contributed by atoms with Crippen LogP contribution in [-0.4, -0.2) is 20.1 Å². The molecule has 5 heteroatoms. The molecule has 0 bridgehead atoms. The molecule has 0 radical (unpaired) electrons. The second-order valence-corrected chi connectivity index (χ2v) is 5.16. The monoisotopic (exact) mass is 298 g/mol. The van der Waals surface area contributed by atoms with Crippen LogP contribution in [0.15, 0.2) is 16.6 Å². The molecule has 92 valence electrons. The predicted octanol–water partition coefficient (Wildman–Crippen LogP) is 2.41. The van der Waals surface area contributed by atoms with E-state index in [0.717, 1.165) is 23.1 Å². The van der Waals surface area contributed by atoms with Gasteiger partial charge in [-0.15, -0.1) is 0 Å². The van der Waals surface area contributed by atoms with Gasteiger partial charge in [0.15, 0.2) is 5.75 Å². The van der Waals surface area contributed by atoms with Crippen LogP contribution in [0.25, 0.3) is 0 Å². The number of halogens is 1. The fourth-order valence-electron chi connectivity index (χ4n) is 1.81. The van der Waals surface area contributed by atoms with Gasteiger partial charge < -0.3 is 15.4 Å². The van der Waals surface area contributed by atoms with Crippen molar-refractivity contribution in [2.45, 2.75) is 12.8 Å². The highest BCUT2D eigenvalue weighted by Gasteiger charge is 2.26. The van der Waals surface area contributed by atoms with Crippen LogP contribution >= 0.6 is 15.9 Å². The van der Waals surface area contributed by atoms with Gasteiger partial charge in [0.2, 0.25) is 6.41 Å². The molecule has 0 atom stereocenters. The van der Waals surface area contributed by atoms with Gasteiger partial charge in [-0.2, -0.15) is 0 Å². The Labute approximate surface area is 109 Å². The van der Waals surface area contributed by atoms with Crippen molar-refractivity contribution in [2.24, 2.45) is 5.92 Å². The highest BCUT2D eigenvalue weighted by molar-refractivity contribution is 9.10. The zero-order valence-corrected chi connectivity index (χ0v) is 11.2. The Kier molecular flexibility index (Phi) is 3.57. The summed E-state index contributed by atoms with van der Waals surface area (Å²) in [4.78, 5) is 12.8. The van der Waals surface area contributed by atoms with E-state index in [1.807, 2.05) is 6.07 Å². The number of hydrogen-bond acceptors (Lipinski definition) is 3. The summed E-state index contributed by atoms with van der Waals surface area (Å²) in [5.41, 5.74) is 7.12. The van der Waals surface area contributed by atoms with Gasteiger partial charge in [0.05, 0.1) is 18.5 Å². The summed E-state index contributed by atoms with van der Waals surface area (Å²) in [6.45, 7) is 0.732. The highest BCUT2D eigenvalue weighted by atomic mass is 79.9. The first-order valence-corrected chi connectivity index (χ1v) is 6.30. The number of hydrogen-bond donors (Lipinski definition) is 1. The molecule has 0 unspecified atom stereocenters. The molecule has 17 heavy (non-hydrogen) atoms. The van der Waals surface area contributed by atoms with E-state index in [-0.39, 0.29) is 0 Å². The minimum atomic E-state index is 0.527. The Balaban J connectivity index is 2.35. The summed E-state index contributed by atoms with van der Waals surface area (Å²) >= 11 is 3.38. The standard InChI is InChI=1S/C12H15BrN2O2/c1-17-12-10(14)4-9(13)5-11(12)15(7-16)6-8-2-3-8/h4-5,7-8H,2-3,6,14H2,1H3. The van der Waals surface area contributed by atoms with Gasteiger partial charge in [-0.05, 0) is 30.9 Å². The third-order valence-electron chi connectivity index (χ3n) is 2.86. The number of rotatable bonds is 5. The van der Waals surface area contributed by atoms with Crippen molar-refractivity contribution >= 4 is 33.7 Å². The van der Waals surface area contributed by atoms with Gasteiger partial charge in [0.25, 0.3) is 0 Å². The number of nitrogens with two attached hydrogens (primary N) is 1. The van der Waals surface area contributed by atoms with E-state index < -0.39 is 0 Å². The molecule has 0 saturated heterocycles. The molecule has 0 heterocycles. The topological polar surface area (TPSA) is 55.6 Å². The van der Waals surface area contributed by atoms with Gasteiger partial charge in [0.1, 0.15) is 0 Å². The zero-order chi connectivity index (χ0) is 12.4. The van der Waals surface area contributed by atoms with E-state index >= 15 is 0 Å². The fourth-order valence-corrected chi connectivity index (χ4v) is 2.28. The average Bonchev–Trinajstić information content (AvgIpc) is 3.08. The number of methoxy groups -OCH3 is 1. The highest BCUT2D eigenvalue weighted by Crippen LogP contribution is 2.39. The van der Waals surface area contributed by atoms with Gasteiger partial charge in [-0.25, -0.2) is 0 Å². The molecule has 1 fully saturated rings.